The quantitative estimate of drug-likeness (QED) is 0.609. The minimum absolute atomic E-state index is 0.0717. The number of benzene rings is 2. The fourth-order valence-electron chi connectivity index (χ4n) is 4.21. The summed E-state index contributed by atoms with van der Waals surface area (Å²) < 4.78 is 0. The van der Waals surface area contributed by atoms with E-state index in [2.05, 4.69) is 5.32 Å². The summed E-state index contributed by atoms with van der Waals surface area (Å²) in [5.74, 6) is -0.697. The van der Waals surface area contributed by atoms with Gasteiger partial charge in [-0.2, -0.15) is 0 Å². The molecule has 2 aromatic rings. The van der Waals surface area contributed by atoms with E-state index in [0.717, 1.165) is 39.8 Å². The first-order chi connectivity index (χ1) is 16.3. The number of hydrogen-bond donors (Lipinski definition) is 1. The van der Waals surface area contributed by atoms with Crippen LogP contribution in [0.4, 0.5) is 4.79 Å². The van der Waals surface area contributed by atoms with Crippen molar-refractivity contribution in [2.24, 2.45) is 0 Å². The summed E-state index contributed by atoms with van der Waals surface area (Å²) in [7, 11) is 0. The van der Waals surface area contributed by atoms with Gasteiger partial charge in [0.05, 0.1) is 17.4 Å². The highest BCUT2D eigenvalue weighted by Gasteiger charge is 2.35. The van der Waals surface area contributed by atoms with Gasteiger partial charge in [0.15, 0.2) is 0 Å². The molecular weight excluding hydrogens is 474 g/mol. The van der Waals surface area contributed by atoms with Crippen molar-refractivity contribution < 1.29 is 19.2 Å². The first-order valence-electron chi connectivity index (χ1n) is 11.0. The first-order valence-corrected chi connectivity index (χ1v) is 12.2. The monoisotopic (exact) mass is 497 g/mol. The van der Waals surface area contributed by atoms with Crippen LogP contribution < -0.4 is 5.32 Å². The van der Waals surface area contributed by atoms with Crippen LogP contribution in [0.2, 0.25) is 5.02 Å². The normalized spacial score (nSPS) is 18.9. The van der Waals surface area contributed by atoms with Crippen molar-refractivity contribution >= 4 is 52.4 Å². The summed E-state index contributed by atoms with van der Waals surface area (Å²) in [5, 5.41) is 3.01. The number of thioether (sulfide) groups is 1. The Labute approximate surface area is 207 Å². The fourth-order valence-corrected chi connectivity index (χ4v) is 5.20. The largest absolute Gasteiger partial charge is 0.354 e. The average Bonchev–Trinajstić information content (AvgIpc) is 3.08. The number of nitrogens with zero attached hydrogens (tertiary/aromatic N) is 2. The molecule has 0 aromatic heterocycles. The number of rotatable bonds is 6. The van der Waals surface area contributed by atoms with Gasteiger partial charge in [-0.05, 0) is 53.1 Å². The Kier molecular flexibility index (Phi) is 7.38. The predicted octanol–water partition coefficient (Wildman–Crippen LogP) is 4.03. The predicted molar refractivity (Wildman–Crippen MR) is 132 cm³/mol. The number of halogens is 1. The molecule has 9 heteroatoms. The van der Waals surface area contributed by atoms with E-state index in [1.807, 2.05) is 24.3 Å². The number of fused-ring (bicyclic) bond motifs is 1. The van der Waals surface area contributed by atoms with Crippen molar-refractivity contribution in [1.29, 1.82) is 0 Å². The molecule has 0 aliphatic carbocycles. The fraction of sp³-hybridized carbons (Fsp3) is 0.280. The summed E-state index contributed by atoms with van der Waals surface area (Å²) in [6, 6.07) is 14.5. The second kappa shape index (κ2) is 10.4. The van der Waals surface area contributed by atoms with E-state index in [4.69, 9.17) is 11.6 Å². The maximum atomic E-state index is 12.7. The van der Waals surface area contributed by atoms with E-state index >= 15 is 0 Å². The van der Waals surface area contributed by atoms with Gasteiger partial charge in [0, 0.05) is 31.6 Å². The molecule has 176 valence electrons. The zero-order valence-electron chi connectivity index (χ0n) is 18.6. The third-order valence-corrected chi connectivity index (χ3v) is 7.05. The highest BCUT2D eigenvalue weighted by atomic mass is 35.5. The van der Waals surface area contributed by atoms with E-state index < -0.39 is 0 Å². The molecule has 2 aromatic carbocycles. The summed E-state index contributed by atoms with van der Waals surface area (Å²) in [6.07, 6.45) is 2.53. The molecule has 2 aliphatic heterocycles. The Morgan fingerprint density at radius 3 is 2.62 bits per heavy atom. The number of hydrogen-bond acceptors (Lipinski definition) is 5. The van der Waals surface area contributed by atoms with Gasteiger partial charge in [-0.15, -0.1) is 0 Å². The van der Waals surface area contributed by atoms with E-state index in [1.54, 1.807) is 35.2 Å². The molecule has 1 fully saturated rings. The molecule has 2 aliphatic rings. The van der Waals surface area contributed by atoms with Crippen molar-refractivity contribution in [2.45, 2.75) is 25.8 Å². The molecule has 1 saturated heterocycles. The lowest BCUT2D eigenvalue weighted by molar-refractivity contribution is -0.133. The van der Waals surface area contributed by atoms with Crippen molar-refractivity contribution in [3.63, 3.8) is 0 Å². The van der Waals surface area contributed by atoms with E-state index in [9.17, 15) is 19.2 Å². The molecule has 0 bridgehead atoms. The number of carbonyl (C=O) groups is 4. The van der Waals surface area contributed by atoms with Crippen molar-refractivity contribution in [3.05, 3.63) is 75.1 Å². The van der Waals surface area contributed by atoms with Crippen LogP contribution in [0, 0.1) is 0 Å². The number of amides is 4. The Balaban J connectivity index is 1.35. The molecule has 1 unspecified atom stereocenters. The van der Waals surface area contributed by atoms with Crippen LogP contribution in [-0.2, 0) is 20.8 Å². The van der Waals surface area contributed by atoms with Gasteiger partial charge in [-0.25, -0.2) is 0 Å². The third-order valence-electron chi connectivity index (χ3n) is 5.89. The molecule has 0 spiro atoms. The van der Waals surface area contributed by atoms with Crippen LogP contribution in [0.5, 0.6) is 0 Å². The molecular formula is C25H24ClN3O4S. The number of nitrogens with one attached hydrogen (secondary N) is 1. The van der Waals surface area contributed by atoms with E-state index in [-0.39, 0.29) is 48.5 Å². The van der Waals surface area contributed by atoms with Gasteiger partial charge >= 0.3 is 0 Å². The van der Waals surface area contributed by atoms with Crippen LogP contribution in [0.15, 0.2) is 53.4 Å². The SMILES string of the molecule is CC(=O)N1CCc2ccccc2C1CC(=O)NCCN1C(=O)S/C(=C/c2ccc(Cl)cc2)C1=O. The minimum Gasteiger partial charge on any atom is -0.354 e. The zero-order chi connectivity index (χ0) is 24.2. The van der Waals surface area contributed by atoms with Gasteiger partial charge in [0.1, 0.15) is 0 Å². The number of imide groups is 1. The Morgan fingerprint density at radius 2 is 1.88 bits per heavy atom. The van der Waals surface area contributed by atoms with Gasteiger partial charge < -0.3 is 10.2 Å². The zero-order valence-corrected chi connectivity index (χ0v) is 20.2. The van der Waals surface area contributed by atoms with Crippen LogP contribution in [-0.4, -0.2) is 52.4 Å². The van der Waals surface area contributed by atoms with Gasteiger partial charge in [0.2, 0.25) is 11.8 Å². The minimum atomic E-state index is -0.386. The molecule has 7 nitrogen and oxygen atoms in total. The van der Waals surface area contributed by atoms with Crippen LogP contribution in [0.3, 0.4) is 0 Å². The standard InChI is InChI=1S/C25H24ClN3O4S/c1-16(30)28-12-10-18-4-2-3-5-20(18)21(28)15-23(31)27-11-13-29-24(32)22(34-25(29)33)14-17-6-8-19(26)9-7-17/h2-9,14,21H,10-13,15H2,1H3,(H,27,31)/b22-14+. The Bertz CT molecular complexity index is 1170. The Morgan fingerprint density at radius 1 is 1.15 bits per heavy atom. The van der Waals surface area contributed by atoms with Crippen molar-refractivity contribution in [2.75, 3.05) is 19.6 Å². The lowest BCUT2D eigenvalue weighted by Gasteiger charge is -2.36. The average molecular weight is 498 g/mol. The lowest BCUT2D eigenvalue weighted by atomic mass is 9.90. The number of carbonyl (C=O) groups excluding carboxylic acids is 4. The van der Waals surface area contributed by atoms with Crippen LogP contribution >= 0.6 is 23.4 Å². The summed E-state index contributed by atoms with van der Waals surface area (Å²) in [5.41, 5.74) is 2.89. The first kappa shape index (κ1) is 24.0. The molecule has 1 atom stereocenters. The van der Waals surface area contributed by atoms with E-state index in [0.29, 0.717) is 16.5 Å². The second-order valence-electron chi connectivity index (χ2n) is 8.12. The lowest BCUT2D eigenvalue weighted by Crippen LogP contribution is -2.42. The summed E-state index contributed by atoms with van der Waals surface area (Å²) in [6.45, 7) is 2.29. The summed E-state index contributed by atoms with van der Waals surface area (Å²) >= 11 is 6.76. The maximum absolute atomic E-state index is 12.7. The smallest absolute Gasteiger partial charge is 0.293 e. The molecule has 0 radical (unpaired) electrons. The maximum Gasteiger partial charge on any atom is 0.293 e. The topological polar surface area (TPSA) is 86.8 Å². The highest BCUT2D eigenvalue weighted by molar-refractivity contribution is 8.18. The summed E-state index contributed by atoms with van der Waals surface area (Å²) in [4.78, 5) is 53.0. The van der Waals surface area contributed by atoms with Crippen molar-refractivity contribution in [1.82, 2.24) is 15.1 Å². The van der Waals surface area contributed by atoms with Gasteiger partial charge in [0.25, 0.3) is 11.1 Å². The Hall–Kier alpha value is -3.10. The van der Waals surface area contributed by atoms with Gasteiger partial charge in [-0.1, -0.05) is 48.0 Å². The molecule has 34 heavy (non-hydrogen) atoms. The molecule has 4 rings (SSSR count). The second-order valence-corrected chi connectivity index (χ2v) is 9.55. The van der Waals surface area contributed by atoms with E-state index in [1.165, 1.54) is 6.92 Å². The molecule has 0 saturated carbocycles. The third kappa shape index (κ3) is 5.34. The molecule has 1 N–H and O–H groups in total. The van der Waals surface area contributed by atoms with Crippen LogP contribution in [0.25, 0.3) is 6.08 Å². The molecule has 2 heterocycles. The van der Waals surface area contributed by atoms with Crippen molar-refractivity contribution in [3.8, 4) is 0 Å². The highest BCUT2D eigenvalue weighted by Crippen LogP contribution is 2.33. The van der Waals surface area contributed by atoms with Crippen LogP contribution in [0.1, 0.15) is 36.1 Å². The molecule has 4 amide bonds. The van der Waals surface area contributed by atoms with Gasteiger partial charge in [-0.3, -0.25) is 24.1 Å².